The van der Waals surface area contributed by atoms with Crippen LogP contribution in [0, 0.1) is 10.8 Å². The molecule has 0 aromatic rings. The van der Waals surface area contributed by atoms with Gasteiger partial charge >= 0.3 is 0 Å². The largest absolute Gasteiger partial charge is 0.394 e. The van der Waals surface area contributed by atoms with Crippen LogP contribution < -0.4 is 27.0 Å². The van der Waals surface area contributed by atoms with E-state index in [1.807, 2.05) is 0 Å². The Hall–Kier alpha value is -3.21. The molecule has 0 saturated carbocycles. The van der Waals surface area contributed by atoms with Crippen molar-refractivity contribution in [3.05, 3.63) is 0 Å². The summed E-state index contributed by atoms with van der Waals surface area (Å²) < 4.78 is 5.52. The maximum atomic E-state index is 13.9. The van der Waals surface area contributed by atoms with Gasteiger partial charge in [0.2, 0.25) is 18.1 Å². The lowest BCUT2D eigenvalue weighted by Gasteiger charge is -2.46. The van der Waals surface area contributed by atoms with Crippen LogP contribution in [0.15, 0.2) is 0 Å². The highest BCUT2D eigenvalue weighted by Gasteiger charge is 2.53. The molecule has 41 heavy (non-hydrogen) atoms. The molecule has 0 bridgehead atoms. The third-order valence-corrected chi connectivity index (χ3v) is 7.09. The molecule has 1 radical (unpaired) electrons. The van der Waals surface area contributed by atoms with E-state index in [1.54, 1.807) is 0 Å². The second-order valence-corrected chi connectivity index (χ2v) is 9.67. The summed E-state index contributed by atoms with van der Waals surface area (Å²) in [5, 5.41) is 97.2. The van der Waals surface area contributed by atoms with Crippen LogP contribution in [0.25, 0.3) is 0 Å². The summed E-state index contributed by atoms with van der Waals surface area (Å²) in [4.78, 5) is 39.9. The van der Waals surface area contributed by atoms with Crippen molar-refractivity contribution in [3.8, 4) is 0 Å². The molecule has 11 atom stereocenters. The van der Waals surface area contributed by atoms with E-state index in [9.17, 15) is 50.1 Å². The predicted molar refractivity (Wildman–Crippen MR) is 134 cm³/mol. The van der Waals surface area contributed by atoms with E-state index < -0.39 is 105 Å². The number of hydrogen-bond donors (Lipinski definition) is 14. The number of aliphatic hydroxyl groups excluding tert-OH is 7. The van der Waals surface area contributed by atoms with E-state index in [-0.39, 0.29) is 19.0 Å². The summed E-state index contributed by atoms with van der Waals surface area (Å²) in [7, 11) is 0. The number of ether oxygens (including phenoxy) is 1. The molecule has 0 aromatic heterocycles. The number of hydrogen-bond acceptors (Lipinski definition) is 14. The number of nitrogens with two attached hydrogens (primary N) is 1. The zero-order valence-electron chi connectivity index (χ0n) is 21.6. The number of carbonyl (C=O) groups excluding carboxylic acids is 3. The monoisotopic (exact) mass is 590 g/mol. The van der Waals surface area contributed by atoms with Gasteiger partial charge in [0.1, 0.15) is 54.8 Å². The van der Waals surface area contributed by atoms with E-state index in [4.69, 9.17) is 21.3 Å². The van der Waals surface area contributed by atoms with Crippen LogP contribution in [-0.4, -0.2) is 176 Å². The Labute approximate surface area is 233 Å². The summed E-state index contributed by atoms with van der Waals surface area (Å²) in [5.74, 6) is -2.92. The summed E-state index contributed by atoms with van der Waals surface area (Å²) in [6.45, 7) is -2.93. The molecular formula is C21H36N9O11. The van der Waals surface area contributed by atoms with Crippen molar-refractivity contribution in [2.75, 3.05) is 32.9 Å². The first-order valence-electron chi connectivity index (χ1n) is 12.6. The minimum absolute atomic E-state index is 0.109. The van der Waals surface area contributed by atoms with Crippen LogP contribution in [0.3, 0.4) is 0 Å². The van der Waals surface area contributed by atoms with E-state index >= 15 is 0 Å². The number of nitrogens with zero attached hydrogens (tertiary/aromatic N) is 2. The Morgan fingerprint density at radius 1 is 1.12 bits per heavy atom. The second kappa shape index (κ2) is 13.6. The fraction of sp³-hybridized carbons (Fsp3) is 0.762. The average Bonchev–Trinajstić information content (AvgIpc) is 3.57. The Bertz CT molecular complexity index is 991. The normalized spacial score (nSPS) is 32.7. The number of carbonyl (C=O) groups is 2. The fourth-order valence-electron chi connectivity index (χ4n) is 4.83. The predicted octanol–water partition coefficient (Wildman–Crippen LogP) is -9.09. The van der Waals surface area contributed by atoms with E-state index in [2.05, 4.69) is 21.3 Å². The molecule has 0 aliphatic carbocycles. The SMILES string of the molecule is N=C1NCC(N(C(=O)[C@H](NC(=O)[C@@H](N)CO)C(O)C2CNC(=N)N2C2O[C@H](CO)[C@@H](O)[C@H](O)[C@@H]2O)[C@H]([C]=O)CO)N1. The first kappa shape index (κ1) is 32.3. The van der Waals surface area contributed by atoms with Crippen LogP contribution in [0.4, 0.5) is 0 Å². The fourth-order valence-corrected chi connectivity index (χ4v) is 4.83. The Balaban J connectivity index is 2.00. The molecule has 2 amide bonds. The minimum atomic E-state index is -1.98. The lowest BCUT2D eigenvalue weighted by molar-refractivity contribution is -0.260. The molecule has 3 fully saturated rings. The average molecular weight is 591 g/mol. The summed E-state index contributed by atoms with van der Waals surface area (Å²) in [6.07, 6.45) is -10.0. The van der Waals surface area contributed by atoms with Gasteiger partial charge in [-0.25, -0.2) is 0 Å². The number of guanidine groups is 2. The quantitative estimate of drug-likeness (QED) is 0.100. The van der Waals surface area contributed by atoms with Gasteiger partial charge in [-0.2, -0.15) is 0 Å². The van der Waals surface area contributed by atoms with E-state index in [1.165, 1.54) is 6.29 Å². The van der Waals surface area contributed by atoms with Crippen LogP contribution in [0.2, 0.25) is 0 Å². The molecule has 3 rings (SSSR count). The highest BCUT2D eigenvalue weighted by Crippen LogP contribution is 2.28. The van der Waals surface area contributed by atoms with E-state index in [0.29, 0.717) is 0 Å². The first-order chi connectivity index (χ1) is 19.4. The Morgan fingerprint density at radius 2 is 1.80 bits per heavy atom. The van der Waals surface area contributed by atoms with Crippen LogP contribution in [-0.2, 0) is 19.1 Å². The topological polar surface area (TPSA) is 330 Å². The van der Waals surface area contributed by atoms with Crippen molar-refractivity contribution < 1.29 is 54.9 Å². The molecule has 3 saturated heterocycles. The third kappa shape index (κ3) is 6.50. The molecule has 231 valence electrons. The molecule has 0 aromatic carbocycles. The maximum absolute atomic E-state index is 13.9. The molecular weight excluding hydrogens is 554 g/mol. The number of rotatable bonds is 12. The zero-order valence-corrected chi connectivity index (χ0v) is 21.6. The van der Waals surface area contributed by atoms with Gasteiger partial charge in [0, 0.05) is 6.54 Å². The van der Waals surface area contributed by atoms with Crippen LogP contribution in [0.5, 0.6) is 0 Å². The van der Waals surface area contributed by atoms with E-state index in [0.717, 1.165) is 9.80 Å². The smallest absolute Gasteiger partial charge is 0.250 e. The molecule has 20 heteroatoms. The highest BCUT2D eigenvalue weighted by atomic mass is 16.6. The number of nitrogens with one attached hydrogen (secondary N) is 6. The summed E-state index contributed by atoms with van der Waals surface area (Å²) >= 11 is 0. The summed E-state index contributed by atoms with van der Waals surface area (Å²) in [6, 6.07) is -6.50. The van der Waals surface area contributed by atoms with Gasteiger partial charge < -0.3 is 77.3 Å². The van der Waals surface area contributed by atoms with Gasteiger partial charge in [0.05, 0.1) is 32.4 Å². The Kier molecular flexibility index (Phi) is 10.7. The molecule has 15 N–H and O–H groups in total. The van der Waals surface area contributed by atoms with Crippen molar-refractivity contribution in [1.82, 2.24) is 31.1 Å². The first-order valence-corrected chi connectivity index (χ1v) is 12.6. The summed E-state index contributed by atoms with van der Waals surface area (Å²) in [5.41, 5.74) is 5.58. The maximum Gasteiger partial charge on any atom is 0.250 e. The van der Waals surface area contributed by atoms with Gasteiger partial charge in [-0.15, -0.1) is 0 Å². The van der Waals surface area contributed by atoms with Crippen LogP contribution in [0.1, 0.15) is 0 Å². The molecule has 4 unspecified atom stereocenters. The molecule has 20 nitrogen and oxygen atoms in total. The van der Waals surface area contributed by atoms with Crippen LogP contribution >= 0.6 is 0 Å². The van der Waals surface area contributed by atoms with Gasteiger partial charge in [-0.3, -0.25) is 25.2 Å². The van der Waals surface area contributed by atoms with Crippen molar-refractivity contribution >= 4 is 30.0 Å². The van der Waals surface area contributed by atoms with Crippen molar-refractivity contribution in [3.63, 3.8) is 0 Å². The number of aliphatic hydroxyl groups is 7. The lowest BCUT2D eigenvalue weighted by atomic mass is 9.95. The zero-order chi connectivity index (χ0) is 30.6. The number of amides is 2. The second-order valence-electron chi connectivity index (χ2n) is 9.67. The molecule has 3 aliphatic rings. The van der Waals surface area contributed by atoms with Crippen molar-refractivity contribution in [1.29, 1.82) is 10.8 Å². The standard InChI is InChI=1S/C21H36N9O11/c22-8(5-33)17(39)28-12(18(40)29(7(3-31)4-32)11-2-25-20(23)27-11)13(35)9-1-26-21(24)30(9)19-16(38)15(37)14(36)10(6-34)41-19/h7-16,19,31,33-38H,1-3,5-6,22H2,(H2,24,26)(H,28,39)(H3,23,25,27)/t7-,8-,9?,10+,11?,12+,13?,14+,15-,16-,19?/m0/s1. The lowest BCUT2D eigenvalue weighted by Crippen LogP contribution is -2.69. The molecule has 0 spiro atoms. The van der Waals surface area contributed by atoms with Crippen molar-refractivity contribution in [2.45, 2.75) is 67.1 Å². The van der Waals surface area contributed by atoms with Gasteiger partial charge in [0.25, 0.3) is 0 Å². The molecule has 3 aliphatic heterocycles. The highest BCUT2D eigenvalue weighted by molar-refractivity contribution is 5.92. The minimum Gasteiger partial charge on any atom is -0.394 e. The third-order valence-electron chi connectivity index (χ3n) is 7.09. The van der Waals surface area contributed by atoms with Gasteiger partial charge in [0.15, 0.2) is 18.1 Å². The van der Waals surface area contributed by atoms with Gasteiger partial charge in [-0.1, -0.05) is 0 Å². The van der Waals surface area contributed by atoms with Crippen molar-refractivity contribution in [2.24, 2.45) is 5.73 Å². The molecule has 3 heterocycles. The van der Waals surface area contributed by atoms with Gasteiger partial charge in [-0.05, 0) is 0 Å². The Morgan fingerprint density at radius 3 is 2.34 bits per heavy atom.